The Hall–Kier alpha value is -1.58. The topological polar surface area (TPSA) is 64.9 Å². The summed E-state index contributed by atoms with van der Waals surface area (Å²) in [5.74, 6) is 0.392. The summed E-state index contributed by atoms with van der Waals surface area (Å²) in [6, 6.07) is 1.72. The van der Waals surface area contributed by atoms with Gasteiger partial charge in [-0.15, -0.1) is 0 Å². The fourth-order valence-electron chi connectivity index (χ4n) is 0.801. The van der Waals surface area contributed by atoms with Gasteiger partial charge in [-0.1, -0.05) is 5.16 Å². The average Bonchev–Trinajstić information content (AvgIpc) is 2.34. The van der Waals surface area contributed by atoms with Gasteiger partial charge in [-0.3, -0.25) is 4.98 Å². The minimum Gasteiger partial charge on any atom is -0.380 e. The molecule has 2 N–H and O–H groups in total. The molecular weight excluding hydrogens is 130 g/mol. The molecule has 4 nitrogen and oxygen atoms in total. The number of nitrogens with zero attached hydrogens (tertiary/aromatic N) is 2. The molecule has 2 aromatic rings. The number of fused-ring (bicyclic) bond motifs is 1. The van der Waals surface area contributed by atoms with E-state index in [0.717, 1.165) is 5.39 Å². The van der Waals surface area contributed by atoms with Crippen molar-refractivity contribution >= 4 is 16.8 Å². The lowest BCUT2D eigenvalue weighted by molar-refractivity contribution is 0.460. The van der Waals surface area contributed by atoms with Crippen LogP contribution in [0.2, 0.25) is 0 Å². The standard InChI is InChI=1S/C6H5N3O/c7-6-4-3-8-2-1-5(4)10-9-6/h1-3H,(H2,7,9). The van der Waals surface area contributed by atoms with E-state index in [1.54, 1.807) is 18.5 Å². The van der Waals surface area contributed by atoms with Crippen LogP contribution < -0.4 is 5.73 Å². The molecule has 0 aliphatic carbocycles. The van der Waals surface area contributed by atoms with Crippen LogP contribution in [0.3, 0.4) is 0 Å². The first kappa shape index (κ1) is 5.22. The molecule has 2 heterocycles. The zero-order chi connectivity index (χ0) is 6.97. The quantitative estimate of drug-likeness (QED) is 0.580. The molecule has 10 heavy (non-hydrogen) atoms. The number of nitrogens with two attached hydrogens (primary N) is 1. The van der Waals surface area contributed by atoms with Crippen molar-refractivity contribution in [3.05, 3.63) is 18.5 Å². The van der Waals surface area contributed by atoms with Gasteiger partial charge in [-0.25, -0.2) is 0 Å². The van der Waals surface area contributed by atoms with Gasteiger partial charge in [0, 0.05) is 18.5 Å². The number of anilines is 1. The van der Waals surface area contributed by atoms with E-state index in [4.69, 9.17) is 10.3 Å². The first-order valence-corrected chi connectivity index (χ1v) is 2.83. The van der Waals surface area contributed by atoms with Crippen LogP contribution in [0.25, 0.3) is 11.0 Å². The predicted octanol–water partition coefficient (Wildman–Crippen LogP) is 0.805. The van der Waals surface area contributed by atoms with Crippen molar-refractivity contribution in [2.24, 2.45) is 0 Å². The van der Waals surface area contributed by atoms with Crippen LogP contribution in [0.15, 0.2) is 23.0 Å². The normalized spacial score (nSPS) is 10.4. The van der Waals surface area contributed by atoms with Crippen LogP contribution in [0.1, 0.15) is 0 Å². The molecule has 0 spiro atoms. The minimum absolute atomic E-state index is 0.392. The maximum absolute atomic E-state index is 5.43. The third-order valence-electron chi connectivity index (χ3n) is 1.30. The maximum atomic E-state index is 5.43. The van der Waals surface area contributed by atoms with Gasteiger partial charge in [0.05, 0.1) is 5.39 Å². The smallest absolute Gasteiger partial charge is 0.176 e. The lowest BCUT2D eigenvalue weighted by Gasteiger charge is -1.81. The van der Waals surface area contributed by atoms with Crippen LogP contribution in [-0.2, 0) is 0 Å². The molecule has 0 aromatic carbocycles. The first-order valence-electron chi connectivity index (χ1n) is 2.83. The Morgan fingerprint density at radius 3 is 3.20 bits per heavy atom. The van der Waals surface area contributed by atoms with Crippen molar-refractivity contribution in [2.75, 3.05) is 5.73 Å². The molecule has 0 radical (unpaired) electrons. The Morgan fingerprint density at radius 1 is 1.50 bits per heavy atom. The zero-order valence-corrected chi connectivity index (χ0v) is 5.11. The summed E-state index contributed by atoms with van der Waals surface area (Å²) in [7, 11) is 0. The highest BCUT2D eigenvalue weighted by atomic mass is 16.5. The van der Waals surface area contributed by atoms with Crippen molar-refractivity contribution in [1.82, 2.24) is 10.1 Å². The fraction of sp³-hybridized carbons (Fsp3) is 0. The summed E-state index contributed by atoms with van der Waals surface area (Å²) < 4.78 is 4.83. The van der Waals surface area contributed by atoms with Crippen LogP contribution in [0.4, 0.5) is 5.82 Å². The number of aromatic nitrogens is 2. The van der Waals surface area contributed by atoms with Gasteiger partial charge in [-0.2, -0.15) is 0 Å². The van der Waals surface area contributed by atoms with Crippen molar-refractivity contribution < 1.29 is 4.52 Å². The molecule has 0 saturated heterocycles. The Kier molecular flexibility index (Phi) is 0.887. The third kappa shape index (κ3) is 0.556. The number of hydrogen-bond acceptors (Lipinski definition) is 4. The van der Waals surface area contributed by atoms with Crippen molar-refractivity contribution in [3.8, 4) is 0 Å². The summed E-state index contributed by atoms with van der Waals surface area (Å²) in [5.41, 5.74) is 6.10. The van der Waals surface area contributed by atoms with E-state index >= 15 is 0 Å². The van der Waals surface area contributed by atoms with Crippen molar-refractivity contribution in [2.45, 2.75) is 0 Å². The lowest BCUT2D eigenvalue weighted by Crippen LogP contribution is -1.82. The van der Waals surface area contributed by atoms with Crippen LogP contribution in [0.5, 0.6) is 0 Å². The van der Waals surface area contributed by atoms with E-state index < -0.39 is 0 Å². The minimum atomic E-state index is 0.392. The van der Waals surface area contributed by atoms with Gasteiger partial charge in [0.1, 0.15) is 0 Å². The van der Waals surface area contributed by atoms with Crippen LogP contribution in [0, 0.1) is 0 Å². The maximum Gasteiger partial charge on any atom is 0.176 e. The molecule has 4 heteroatoms. The molecule has 2 rings (SSSR count). The SMILES string of the molecule is Nc1noc2ccncc12. The Morgan fingerprint density at radius 2 is 2.40 bits per heavy atom. The Labute approximate surface area is 56.6 Å². The van der Waals surface area contributed by atoms with Gasteiger partial charge in [0.2, 0.25) is 0 Å². The molecule has 0 atom stereocenters. The van der Waals surface area contributed by atoms with Gasteiger partial charge in [0.25, 0.3) is 0 Å². The number of pyridine rings is 1. The van der Waals surface area contributed by atoms with Gasteiger partial charge in [0.15, 0.2) is 11.4 Å². The van der Waals surface area contributed by atoms with E-state index in [2.05, 4.69) is 10.1 Å². The monoisotopic (exact) mass is 135 g/mol. The zero-order valence-electron chi connectivity index (χ0n) is 5.11. The summed E-state index contributed by atoms with van der Waals surface area (Å²) >= 11 is 0. The lowest BCUT2D eigenvalue weighted by atomic mass is 10.3. The molecule has 0 aliphatic rings. The van der Waals surface area contributed by atoms with Gasteiger partial charge < -0.3 is 10.3 Å². The second-order valence-corrected chi connectivity index (χ2v) is 1.94. The third-order valence-corrected chi connectivity index (χ3v) is 1.30. The van der Waals surface area contributed by atoms with Gasteiger partial charge >= 0.3 is 0 Å². The first-order chi connectivity index (χ1) is 4.88. The highest BCUT2D eigenvalue weighted by Gasteiger charge is 2.01. The highest BCUT2D eigenvalue weighted by Crippen LogP contribution is 2.16. The largest absolute Gasteiger partial charge is 0.380 e. The van der Waals surface area contributed by atoms with Crippen LogP contribution in [-0.4, -0.2) is 10.1 Å². The summed E-state index contributed by atoms with van der Waals surface area (Å²) in [4.78, 5) is 3.87. The molecule has 50 valence electrons. The molecular formula is C6H5N3O. The molecule has 0 fully saturated rings. The van der Waals surface area contributed by atoms with E-state index in [1.807, 2.05) is 0 Å². The molecule has 2 aromatic heterocycles. The highest BCUT2D eigenvalue weighted by molar-refractivity contribution is 5.85. The summed E-state index contributed by atoms with van der Waals surface area (Å²) in [5, 5.41) is 4.32. The van der Waals surface area contributed by atoms with Crippen molar-refractivity contribution in [1.29, 1.82) is 0 Å². The van der Waals surface area contributed by atoms with E-state index in [1.165, 1.54) is 0 Å². The van der Waals surface area contributed by atoms with E-state index in [0.29, 0.717) is 11.4 Å². The molecule has 0 unspecified atom stereocenters. The predicted molar refractivity (Wildman–Crippen MR) is 36.2 cm³/mol. The number of hydrogen-bond donors (Lipinski definition) is 1. The Balaban J connectivity index is 2.93. The number of rotatable bonds is 0. The molecule has 0 aliphatic heterocycles. The van der Waals surface area contributed by atoms with Gasteiger partial charge in [-0.05, 0) is 0 Å². The molecule has 0 amide bonds. The average molecular weight is 135 g/mol. The van der Waals surface area contributed by atoms with Crippen molar-refractivity contribution in [3.63, 3.8) is 0 Å². The summed E-state index contributed by atoms with van der Waals surface area (Å²) in [6.07, 6.45) is 3.26. The Bertz CT molecular complexity index is 355. The fourth-order valence-corrected chi connectivity index (χ4v) is 0.801. The number of nitrogen functional groups attached to an aromatic ring is 1. The summed E-state index contributed by atoms with van der Waals surface area (Å²) in [6.45, 7) is 0. The second-order valence-electron chi connectivity index (χ2n) is 1.94. The molecule has 0 bridgehead atoms. The van der Waals surface area contributed by atoms with E-state index in [9.17, 15) is 0 Å². The van der Waals surface area contributed by atoms with E-state index in [-0.39, 0.29) is 0 Å². The second kappa shape index (κ2) is 1.70. The molecule has 0 saturated carbocycles. The van der Waals surface area contributed by atoms with Crippen LogP contribution >= 0.6 is 0 Å².